The van der Waals surface area contributed by atoms with Gasteiger partial charge >= 0.3 is 69.5 Å². The molecule has 0 aromatic rings. The van der Waals surface area contributed by atoms with Gasteiger partial charge in [-0.2, -0.15) is 0 Å². The molecule has 0 saturated heterocycles. The molecule has 0 heterocycles. The summed E-state index contributed by atoms with van der Waals surface area (Å²) < 4.78 is 7.88. The molecular weight excluding hydrogens is 543 g/mol. The quantitative estimate of drug-likeness (QED) is 0.162. The molecule has 0 aliphatic rings. The minimum Gasteiger partial charge on any atom is -0.394 e. The number of ether oxygens (including phenoxy) is 1. The number of carbonyl (C=O) groups excluding carboxylic acids is 2. The van der Waals surface area contributed by atoms with E-state index in [9.17, 15) is 9.90 Å². The molecule has 0 bridgehead atoms. The summed E-state index contributed by atoms with van der Waals surface area (Å²) in [7, 11) is 0. The molecule has 0 radical (unpaired) electrons. The van der Waals surface area contributed by atoms with E-state index in [1.165, 1.54) is 70.6 Å². The van der Waals surface area contributed by atoms with Gasteiger partial charge in [-0.3, -0.25) is 0 Å². The van der Waals surface area contributed by atoms with E-state index in [-0.39, 0.29) is 40.8 Å². The molecule has 0 aromatic carbocycles. The Bertz CT molecular complexity index is 355. The summed E-state index contributed by atoms with van der Waals surface area (Å²) >= 11 is 0.149. The van der Waals surface area contributed by atoms with Crippen molar-refractivity contribution in [1.82, 2.24) is 0 Å². The van der Waals surface area contributed by atoms with Gasteiger partial charge in [-0.15, -0.1) is 0 Å². The van der Waals surface area contributed by atoms with Crippen LogP contribution < -0.4 is 10.2 Å². The first kappa shape index (κ1) is 40.8. The van der Waals surface area contributed by atoms with Gasteiger partial charge in [0.25, 0.3) is 0 Å². The summed E-state index contributed by atoms with van der Waals surface area (Å²) in [4.78, 5) is 19.0. The van der Waals surface area contributed by atoms with Gasteiger partial charge in [0.05, 0.1) is 26.4 Å². The van der Waals surface area contributed by atoms with Gasteiger partial charge in [-0.1, -0.05) is 58.3 Å². The van der Waals surface area contributed by atoms with Gasteiger partial charge in [-0.05, 0) is 19.8 Å². The number of carboxylic acid groups (broad SMARTS) is 2. The summed E-state index contributed by atoms with van der Waals surface area (Å²) in [6.07, 6.45) is 17.0. The van der Waals surface area contributed by atoms with E-state index in [1.54, 1.807) is 8.87 Å². The van der Waals surface area contributed by atoms with Crippen molar-refractivity contribution in [2.75, 3.05) is 26.4 Å². The van der Waals surface area contributed by atoms with Crippen molar-refractivity contribution in [2.45, 2.75) is 126 Å². The standard InChI is InChI=1S/C12H24O2.C4H10O3.2C4H9.C2H4O2.Sn/c1-2-3-4-5-6-7-8-9-10-11-12(13)14;5-1-3-7-4-2-6;2*1-3-4-2;1-2(3)4;/h2-11H2,1H3,(H,13,14);5-6H,1-4H2;2*1,3-4H2,2H3;1H3,(H,3,4);/q;;;;;+2/p-2. The first-order valence-corrected chi connectivity index (χ1v) is 17.2. The topological polar surface area (TPSA) is 130 Å². The van der Waals surface area contributed by atoms with Crippen LogP contribution in [0.2, 0.25) is 8.87 Å². The van der Waals surface area contributed by atoms with Crippen molar-refractivity contribution in [1.29, 1.82) is 0 Å². The van der Waals surface area contributed by atoms with Crippen molar-refractivity contribution in [2.24, 2.45) is 0 Å². The first-order chi connectivity index (χ1) is 16.3. The van der Waals surface area contributed by atoms with Crippen LogP contribution in [0.15, 0.2) is 0 Å². The Labute approximate surface area is 220 Å². The maximum absolute atomic E-state index is 10.1. The molecule has 7 nitrogen and oxygen atoms in total. The predicted octanol–water partition coefficient (Wildman–Crippen LogP) is 3.53. The minimum atomic E-state index is -1.08. The van der Waals surface area contributed by atoms with Crippen LogP contribution in [-0.2, 0) is 14.3 Å². The number of unbranched alkanes of at least 4 members (excludes halogenated alkanes) is 10. The normalized spacial score (nSPS) is 9.35. The zero-order chi connectivity index (χ0) is 26.7. The second kappa shape index (κ2) is 42.8. The van der Waals surface area contributed by atoms with Crippen molar-refractivity contribution < 1.29 is 34.8 Å². The van der Waals surface area contributed by atoms with Gasteiger partial charge < -0.3 is 34.8 Å². The van der Waals surface area contributed by atoms with E-state index < -0.39 is 11.9 Å². The van der Waals surface area contributed by atoms with Crippen LogP contribution in [0.1, 0.15) is 118 Å². The molecule has 0 rings (SSSR count). The third-order valence-electron chi connectivity index (χ3n) is 4.37. The number of aliphatic hydroxyl groups excluding tert-OH is 2. The maximum Gasteiger partial charge on any atom is 0.0698 e. The van der Waals surface area contributed by atoms with E-state index in [2.05, 4.69) is 25.5 Å². The van der Waals surface area contributed by atoms with Crippen molar-refractivity contribution in [3.8, 4) is 0 Å². The molecule has 0 aliphatic heterocycles. The molecule has 2 N–H and O–H groups in total. The Hall–Kier alpha value is -0.381. The number of carboxylic acids is 2. The van der Waals surface area contributed by atoms with Crippen LogP contribution >= 0.6 is 0 Å². The smallest absolute Gasteiger partial charge is 0.0698 e. The Morgan fingerprint density at radius 1 is 0.676 bits per heavy atom. The third-order valence-corrected chi connectivity index (χ3v) is 8.41. The van der Waals surface area contributed by atoms with Crippen LogP contribution in [0.5, 0.6) is 0 Å². The minimum absolute atomic E-state index is 0.0278. The zero-order valence-corrected chi connectivity index (χ0v) is 25.4. The average molecular weight is 597 g/mol. The summed E-state index contributed by atoms with van der Waals surface area (Å²) in [5.41, 5.74) is 0. The maximum atomic E-state index is 10.1. The summed E-state index contributed by atoms with van der Waals surface area (Å²) in [5, 5.41) is 35.2. The molecule has 34 heavy (non-hydrogen) atoms. The fraction of sp³-hybridized carbons (Fsp3) is 0.923. The van der Waals surface area contributed by atoms with Gasteiger partial charge in [0.15, 0.2) is 0 Å². The second-order valence-electron chi connectivity index (χ2n) is 7.96. The van der Waals surface area contributed by atoms with E-state index in [1.807, 2.05) is 0 Å². The number of aliphatic carboxylic acids is 2. The molecule has 0 unspecified atom stereocenters. The van der Waals surface area contributed by atoms with Crippen LogP contribution in [0.4, 0.5) is 0 Å². The first-order valence-electron chi connectivity index (χ1n) is 13.2. The monoisotopic (exact) mass is 598 g/mol. The van der Waals surface area contributed by atoms with E-state index in [0.29, 0.717) is 13.2 Å². The van der Waals surface area contributed by atoms with Crippen LogP contribution in [0.3, 0.4) is 0 Å². The summed E-state index contributed by atoms with van der Waals surface area (Å²) in [6.45, 7) is 8.47. The molecule has 0 atom stereocenters. The molecule has 0 spiro atoms. The van der Waals surface area contributed by atoms with Crippen LogP contribution in [-0.4, -0.2) is 69.7 Å². The largest absolute Gasteiger partial charge is 0.394 e. The molecular formula is C26H54O7Sn. The van der Waals surface area contributed by atoms with Crippen LogP contribution in [0.25, 0.3) is 0 Å². The molecule has 204 valence electrons. The van der Waals surface area contributed by atoms with Crippen molar-refractivity contribution in [3.05, 3.63) is 0 Å². The zero-order valence-electron chi connectivity index (χ0n) is 22.6. The van der Waals surface area contributed by atoms with E-state index in [4.69, 9.17) is 20.1 Å². The summed E-state index contributed by atoms with van der Waals surface area (Å²) in [5.74, 6) is -1.99. The van der Waals surface area contributed by atoms with Crippen LogP contribution in [0, 0.1) is 0 Å². The molecule has 0 amide bonds. The number of hydrogen-bond acceptors (Lipinski definition) is 7. The molecule has 0 aromatic heterocycles. The Balaban J connectivity index is -0.000000194. The van der Waals surface area contributed by atoms with Gasteiger partial charge in [-0.25, -0.2) is 0 Å². The third kappa shape index (κ3) is 69.7. The molecule has 0 aliphatic carbocycles. The fourth-order valence-electron chi connectivity index (χ4n) is 2.54. The number of rotatable bonds is 20. The molecule has 0 fully saturated rings. The van der Waals surface area contributed by atoms with Gasteiger partial charge in [0, 0.05) is 11.9 Å². The van der Waals surface area contributed by atoms with Gasteiger partial charge in [0.1, 0.15) is 0 Å². The number of carbonyl (C=O) groups is 2. The SMILES string of the molecule is CC(=O)[O-].CCCCCCCCCCCC(=O)[O-].CCC[CH2][Sn+2][CH2]CCC.OCCOCCO. The van der Waals surface area contributed by atoms with E-state index >= 15 is 0 Å². The number of aliphatic hydroxyl groups is 2. The van der Waals surface area contributed by atoms with Gasteiger partial charge in [0.2, 0.25) is 0 Å². The van der Waals surface area contributed by atoms with Crippen molar-refractivity contribution >= 4 is 33.1 Å². The van der Waals surface area contributed by atoms with E-state index in [0.717, 1.165) is 19.8 Å². The Morgan fingerprint density at radius 2 is 1.03 bits per heavy atom. The Kier molecular flexibility index (Phi) is 51.3. The molecule has 0 saturated carbocycles. The average Bonchev–Trinajstić information content (AvgIpc) is 2.79. The second-order valence-corrected chi connectivity index (χ2v) is 12.2. The fourth-order valence-corrected chi connectivity index (χ4v) is 6.70. The summed E-state index contributed by atoms with van der Waals surface area (Å²) in [6, 6.07) is 0. The van der Waals surface area contributed by atoms with Crippen molar-refractivity contribution in [3.63, 3.8) is 0 Å². The molecule has 8 heteroatoms. The Morgan fingerprint density at radius 3 is 1.35 bits per heavy atom. The predicted molar refractivity (Wildman–Crippen MR) is 138 cm³/mol. The number of hydrogen-bond donors (Lipinski definition) is 2.